The summed E-state index contributed by atoms with van der Waals surface area (Å²) in [7, 11) is 2.23. The van der Waals surface area contributed by atoms with Gasteiger partial charge in [0.15, 0.2) is 0 Å². The smallest absolute Gasteiger partial charge is 0.0300 e. The van der Waals surface area contributed by atoms with E-state index in [9.17, 15) is 0 Å². The normalized spacial score (nSPS) is 29.4. The fraction of sp³-hybridized carbons (Fsp3) is 0.667. The van der Waals surface area contributed by atoms with E-state index in [1.807, 2.05) is 18.5 Å². The number of nitrogens with zero attached hydrogens (tertiary/aromatic N) is 2. The van der Waals surface area contributed by atoms with Crippen LogP contribution in [0.15, 0.2) is 24.5 Å². The number of hydrogen-bond acceptors (Lipinski definition) is 3. The van der Waals surface area contributed by atoms with Crippen molar-refractivity contribution in [3.63, 3.8) is 0 Å². The zero-order chi connectivity index (χ0) is 13.0. The van der Waals surface area contributed by atoms with Crippen LogP contribution in [-0.2, 0) is 6.42 Å². The highest BCUT2D eigenvalue weighted by atomic mass is 15.2. The highest BCUT2D eigenvalue weighted by Gasteiger charge is 2.28. The molecule has 2 heterocycles. The first-order valence-corrected chi connectivity index (χ1v) is 6.99. The Morgan fingerprint density at radius 3 is 3.00 bits per heavy atom. The lowest BCUT2D eigenvalue weighted by Crippen LogP contribution is -2.51. The van der Waals surface area contributed by atoms with Gasteiger partial charge in [-0.15, -0.1) is 0 Å². The highest BCUT2D eigenvalue weighted by Crippen LogP contribution is 2.20. The zero-order valence-electron chi connectivity index (χ0n) is 11.8. The second kappa shape index (κ2) is 6.30. The second-order valence-corrected chi connectivity index (χ2v) is 5.67. The van der Waals surface area contributed by atoms with Crippen LogP contribution in [0.3, 0.4) is 0 Å². The van der Waals surface area contributed by atoms with E-state index in [1.54, 1.807) is 0 Å². The van der Waals surface area contributed by atoms with Gasteiger partial charge in [0.2, 0.25) is 0 Å². The molecule has 1 aliphatic heterocycles. The maximum Gasteiger partial charge on any atom is 0.0300 e. The van der Waals surface area contributed by atoms with E-state index in [2.05, 4.69) is 42.2 Å². The van der Waals surface area contributed by atoms with E-state index in [0.717, 1.165) is 18.9 Å². The van der Waals surface area contributed by atoms with Crippen LogP contribution in [0.5, 0.6) is 0 Å². The predicted molar refractivity (Wildman–Crippen MR) is 75.6 cm³/mol. The lowest BCUT2D eigenvalue weighted by Gasteiger charge is -2.40. The Labute approximate surface area is 111 Å². The molecule has 1 fully saturated rings. The summed E-state index contributed by atoms with van der Waals surface area (Å²) < 4.78 is 0. The molecule has 1 aliphatic rings. The molecular formula is C15H25N3. The maximum absolute atomic E-state index is 4.15. The molecule has 1 aromatic heterocycles. The van der Waals surface area contributed by atoms with Crippen LogP contribution in [0.1, 0.15) is 25.8 Å². The number of aromatic nitrogens is 1. The van der Waals surface area contributed by atoms with Crippen LogP contribution in [0.4, 0.5) is 0 Å². The molecule has 0 aliphatic carbocycles. The van der Waals surface area contributed by atoms with Crippen LogP contribution in [-0.4, -0.2) is 42.1 Å². The Hall–Kier alpha value is -0.930. The lowest BCUT2D eigenvalue weighted by molar-refractivity contribution is 0.122. The van der Waals surface area contributed by atoms with Gasteiger partial charge in [0.1, 0.15) is 0 Å². The van der Waals surface area contributed by atoms with Gasteiger partial charge in [-0.25, -0.2) is 0 Å². The first kappa shape index (κ1) is 13.5. The summed E-state index contributed by atoms with van der Waals surface area (Å²) in [6.45, 7) is 6.93. The van der Waals surface area contributed by atoms with E-state index >= 15 is 0 Å². The maximum atomic E-state index is 4.15. The minimum absolute atomic E-state index is 0.660. The molecule has 3 heteroatoms. The minimum Gasteiger partial charge on any atom is -0.313 e. The van der Waals surface area contributed by atoms with Crippen LogP contribution in [0.2, 0.25) is 0 Å². The fourth-order valence-electron chi connectivity index (χ4n) is 2.77. The Morgan fingerprint density at radius 1 is 1.44 bits per heavy atom. The standard InChI is InChI=1S/C15H25N3/c1-12-11-18(3)13(2)9-15(12)17-8-6-14-5-4-7-16-10-14/h4-5,7,10,12-13,15,17H,6,8-9,11H2,1-3H3. The topological polar surface area (TPSA) is 28.2 Å². The monoisotopic (exact) mass is 247 g/mol. The largest absolute Gasteiger partial charge is 0.313 e. The van der Waals surface area contributed by atoms with Gasteiger partial charge in [0.25, 0.3) is 0 Å². The van der Waals surface area contributed by atoms with E-state index < -0.39 is 0 Å². The van der Waals surface area contributed by atoms with Crippen LogP contribution < -0.4 is 5.32 Å². The molecule has 3 atom stereocenters. The fourth-order valence-corrected chi connectivity index (χ4v) is 2.77. The van der Waals surface area contributed by atoms with Gasteiger partial charge in [-0.1, -0.05) is 13.0 Å². The molecule has 3 unspecified atom stereocenters. The van der Waals surface area contributed by atoms with Gasteiger partial charge >= 0.3 is 0 Å². The molecule has 0 saturated carbocycles. The summed E-state index contributed by atoms with van der Waals surface area (Å²) in [6.07, 6.45) is 6.12. The summed E-state index contributed by atoms with van der Waals surface area (Å²) in [5.74, 6) is 0.736. The predicted octanol–water partition coefficient (Wildman–Crippen LogP) is 1.94. The first-order chi connectivity index (χ1) is 8.66. The number of likely N-dealkylation sites (tertiary alicyclic amines) is 1. The number of nitrogens with one attached hydrogen (secondary N) is 1. The van der Waals surface area contributed by atoms with Gasteiger partial charge in [-0.05, 0) is 50.9 Å². The summed E-state index contributed by atoms with van der Waals surface area (Å²) >= 11 is 0. The summed E-state index contributed by atoms with van der Waals surface area (Å²) in [5.41, 5.74) is 1.32. The third-order valence-electron chi connectivity index (χ3n) is 4.15. The van der Waals surface area contributed by atoms with Gasteiger partial charge in [-0.3, -0.25) is 4.98 Å². The molecular weight excluding hydrogens is 222 g/mol. The van der Waals surface area contributed by atoms with E-state index in [1.165, 1.54) is 18.5 Å². The lowest BCUT2D eigenvalue weighted by atomic mass is 9.90. The van der Waals surface area contributed by atoms with E-state index in [4.69, 9.17) is 0 Å². The molecule has 100 valence electrons. The highest BCUT2D eigenvalue weighted by molar-refractivity contribution is 5.08. The molecule has 0 bridgehead atoms. The van der Waals surface area contributed by atoms with Crippen molar-refractivity contribution in [3.8, 4) is 0 Å². The first-order valence-electron chi connectivity index (χ1n) is 6.99. The van der Waals surface area contributed by atoms with E-state index in [0.29, 0.717) is 12.1 Å². The van der Waals surface area contributed by atoms with Gasteiger partial charge < -0.3 is 10.2 Å². The van der Waals surface area contributed by atoms with Crippen molar-refractivity contribution in [2.75, 3.05) is 20.1 Å². The van der Waals surface area contributed by atoms with Crippen molar-refractivity contribution in [1.29, 1.82) is 0 Å². The summed E-state index contributed by atoms with van der Waals surface area (Å²) in [5, 5.41) is 3.72. The molecule has 0 amide bonds. The summed E-state index contributed by atoms with van der Waals surface area (Å²) in [6, 6.07) is 5.51. The van der Waals surface area contributed by atoms with Crippen molar-refractivity contribution < 1.29 is 0 Å². The number of piperidine rings is 1. The zero-order valence-corrected chi connectivity index (χ0v) is 11.8. The molecule has 0 radical (unpaired) electrons. The number of rotatable bonds is 4. The van der Waals surface area contributed by atoms with Crippen LogP contribution in [0.25, 0.3) is 0 Å². The molecule has 1 N–H and O–H groups in total. The second-order valence-electron chi connectivity index (χ2n) is 5.67. The van der Waals surface area contributed by atoms with Crippen LogP contribution in [0, 0.1) is 5.92 Å². The van der Waals surface area contributed by atoms with Crippen molar-refractivity contribution in [2.24, 2.45) is 5.92 Å². The average Bonchev–Trinajstić information content (AvgIpc) is 2.37. The molecule has 0 aromatic carbocycles. The molecule has 1 aromatic rings. The minimum atomic E-state index is 0.660. The van der Waals surface area contributed by atoms with Gasteiger partial charge in [0.05, 0.1) is 0 Å². The summed E-state index contributed by atoms with van der Waals surface area (Å²) in [4.78, 5) is 6.61. The molecule has 0 spiro atoms. The Balaban J connectivity index is 1.76. The van der Waals surface area contributed by atoms with Gasteiger partial charge in [0, 0.05) is 31.0 Å². The molecule has 2 rings (SSSR count). The molecule has 18 heavy (non-hydrogen) atoms. The number of pyridine rings is 1. The molecule has 1 saturated heterocycles. The third kappa shape index (κ3) is 3.53. The molecule has 3 nitrogen and oxygen atoms in total. The van der Waals surface area contributed by atoms with Crippen molar-refractivity contribution in [2.45, 2.75) is 38.8 Å². The Kier molecular flexibility index (Phi) is 4.72. The Bertz CT molecular complexity index is 352. The van der Waals surface area contributed by atoms with E-state index in [-0.39, 0.29) is 0 Å². The van der Waals surface area contributed by atoms with Crippen LogP contribution >= 0.6 is 0 Å². The Morgan fingerprint density at radius 2 is 2.28 bits per heavy atom. The quantitative estimate of drug-likeness (QED) is 0.881. The number of hydrogen-bond donors (Lipinski definition) is 1. The van der Waals surface area contributed by atoms with Crippen molar-refractivity contribution >= 4 is 0 Å². The third-order valence-corrected chi connectivity index (χ3v) is 4.15. The van der Waals surface area contributed by atoms with Crippen molar-refractivity contribution in [3.05, 3.63) is 30.1 Å². The van der Waals surface area contributed by atoms with Crippen molar-refractivity contribution in [1.82, 2.24) is 15.2 Å². The average molecular weight is 247 g/mol. The SMILES string of the molecule is CC1CN(C)C(C)CC1NCCc1cccnc1. The van der Waals surface area contributed by atoms with Gasteiger partial charge in [-0.2, -0.15) is 0 Å².